The molecule has 0 amide bonds. The van der Waals surface area contributed by atoms with Gasteiger partial charge in [0, 0.05) is 5.39 Å². The maximum Gasteiger partial charge on any atom is 0.165 e. The first-order valence-electron chi connectivity index (χ1n) is 5.13. The van der Waals surface area contributed by atoms with E-state index < -0.39 is 0 Å². The van der Waals surface area contributed by atoms with Crippen LogP contribution in [-0.4, -0.2) is 10.2 Å². The Balaban J connectivity index is 3.05. The lowest BCUT2D eigenvalue weighted by Gasteiger charge is -2.11. The Labute approximate surface area is 94.5 Å². The van der Waals surface area contributed by atoms with E-state index in [1.165, 1.54) is 6.07 Å². The SMILES string of the molecule is C=Cc1cc(O)c(O)c2c(C)c(C)ccc12. The summed E-state index contributed by atoms with van der Waals surface area (Å²) in [5.74, 6) is -0.155. The van der Waals surface area contributed by atoms with E-state index in [-0.39, 0.29) is 11.5 Å². The molecule has 0 unspecified atom stereocenters. The van der Waals surface area contributed by atoms with Gasteiger partial charge >= 0.3 is 0 Å². The van der Waals surface area contributed by atoms with E-state index in [0.717, 1.165) is 22.1 Å². The summed E-state index contributed by atoms with van der Waals surface area (Å²) < 4.78 is 0. The summed E-state index contributed by atoms with van der Waals surface area (Å²) in [6.07, 6.45) is 1.68. The van der Waals surface area contributed by atoms with Gasteiger partial charge in [-0.1, -0.05) is 24.8 Å². The number of benzene rings is 2. The number of phenols is 2. The molecule has 0 saturated carbocycles. The lowest BCUT2D eigenvalue weighted by Crippen LogP contribution is -1.87. The zero-order valence-corrected chi connectivity index (χ0v) is 9.41. The van der Waals surface area contributed by atoms with Crippen LogP contribution in [0.3, 0.4) is 0 Å². The molecule has 0 aliphatic heterocycles. The van der Waals surface area contributed by atoms with Crippen LogP contribution >= 0.6 is 0 Å². The summed E-state index contributed by atoms with van der Waals surface area (Å²) in [7, 11) is 0. The van der Waals surface area contributed by atoms with Crippen molar-refractivity contribution < 1.29 is 10.2 Å². The molecule has 0 aliphatic rings. The Morgan fingerprint density at radius 2 is 1.88 bits per heavy atom. The van der Waals surface area contributed by atoms with E-state index in [9.17, 15) is 10.2 Å². The van der Waals surface area contributed by atoms with Gasteiger partial charge in [0.15, 0.2) is 11.5 Å². The zero-order chi connectivity index (χ0) is 11.9. The number of aryl methyl sites for hydroxylation is 2. The monoisotopic (exact) mass is 214 g/mol. The van der Waals surface area contributed by atoms with Crippen LogP contribution in [0.4, 0.5) is 0 Å². The molecule has 0 spiro atoms. The first kappa shape index (κ1) is 10.6. The van der Waals surface area contributed by atoms with Crippen molar-refractivity contribution in [3.8, 4) is 11.5 Å². The van der Waals surface area contributed by atoms with Crippen LogP contribution in [0.15, 0.2) is 24.8 Å². The van der Waals surface area contributed by atoms with Crippen molar-refractivity contribution in [1.29, 1.82) is 0 Å². The van der Waals surface area contributed by atoms with Crippen molar-refractivity contribution in [1.82, 2.24) is 0 Å². The molecule has 0 aliphatic carbocycles. The lowest BCUT2D eigenvalue weighted by atomic mass is 9.96. The largest absolute Gasteiger partial charge is 0.504 e. The minimum absolute atomic E-state index is 0.0539. The van der Waals surface area contributed by atoms with E-state index in [2.05, 4.69) is 6.58 Å². The molecule has 0 aromatic heterocycles. The van der Waals surface area contributed by atoms with Gasteiger partial charge in [-0.3, -0.25) is 0 Å². The Kier molecular flexibility index (Phi) is 2.35. The van der Waals surface area contributed by atoms with E-state index in [4.69, 9.17) is 0 Å². The molecule has 2 nitrogen and oxygen atoms in total. The normalized spacial score (nSPS) is 10.6. The van der Waals surface area contributed by atoms with Gasteiger partial charge in [-0.25, -0.2) is 0 Å². The molecule has 2 N–H and O–H groups in total. The van der Waals surface area contributed by atoms with Gasteiger partial charge in [0.25, 0.3) is 0 Å². The number of fused-ring (bicyclic) bond motifs is 1. The quantitative estimate of drug-likeness (QED) is 0.713. The molecule has 2 heteroatoms. The van der Waals surface area contributed by atoms with Gasteiger partial charge in [0.2, 0.25) is 0 Å². The van der Waals surface area contributed by atoms with Crippen molar-refractivity contribution in [3.63, 3.8) is 0 Å². The molecule has 0 radical (unpaired) electrons. The van der Waals surface area contributed by atoms with Crippen molar-refractivity contribution in [3.05, 3.63) is 41.5 Å². The summed E-state index contributed by atoms with van der Waals surface area (Å²) in [4.78, 5) is 0. The molecule has 16 heavy (non-hydrogen) atoms. The number of aromatic hydroxyl groups is 2. The molecule has 0 saturated heterocycles. The Morgan fingerprint density at radius 1 is 1.19 bits per heavy atom. The molecule has 2 aromatic rings. The van der Waals surface area contributed by atoms with Crippen LogP contribution in [0.2, 0.25) is 0 Å². The number of hydrogen-bond acceptors (Lipinski definition) is 2. The highest BCUT2D eigenvalue weighted by Crippen LogP contribution is 2.39. The van der Waals surface area contributed by atoms with Crippen LogP contribution in [0.5, 0.6) is 11.5 Å². The van der Waals surface area contributed by atoms with Gasteiger partial charge < -0.3 is 10.2 Å². The third-order valence-corrected chi connectivity index (χ3v) is 3.04. The molecule has 2 rings (SSSR count). The number of rotatable bonds is 1. The number of phenolic OH excluding ortho intramolecular Hbond substituents is 2. The van der Waals surface area contributed by atoms with Crippen LogP contribution in [0, 0.1) is 13.8 Å². The van der Waals surface area contributed by atoms with Crippen molar-refractivity contribution in [2.45, 2.75) is 13.8 Å². The third-order valence-electron chi connectivity index (χ3n) is 3.04. The second kappa shape index (κ2) is 3.56. The Morgan fingerprint density at radius 3 is 2.50 bits per heavy atom. The van der Waals surface area contributed by atoms with Gasteiger partial charge in [0.05, 0.1) is 0 Å². The highest BCUT2D eigenvalue weighted by molar-refractivity contribution is 5.99. The topological polar surface area (TPSA) is 40.5 Å². The standard InChI is InChI=1S/C14H14O2/c1-4-10-7-12(15)14(16)13-9(3)8(2)5-6-11(10)13/h4-7,15-16H,1H2,2-3H3. The predicted octanol–water partition coefficient (Wildman–Crippen LogP) is 3.51. The van der Waals surface area contributed by atoms with Crippen molar-refractivity contribution in [2.24, 2.45) is 0 Å². The van der Waals surface area contributed by atoms with Crippen LogP contribution in [0.25, 0.3) is 16.8 Å². The van der Waals surface area contributed by atoms with Crippen molar-refractivity contribution >= 4 is 16.8 Å². The van der Waals surface area contributed by atoms with Crippen LogP contribution in [0.1, 0.15) is 16.7 Å². The minimum atomic E-state index is -0.101. The minimum Gasteiger partial charge on any atom is -0.504 e. The van der Waals surface area contributed by atoms with Gasteiger partial charge in [0.1, 0.15) is 0 Å². The van der Waals surface area contributed by atoms with Crippen LogP contribution < -0.4 is 0 Å². The van der Waals surface area contributed by atoms with Gasteiger partial charge in [-0.05, 0) is 42.0 Å². The highest BCUT2D eigenvalue weighted by Gasteiger charge is 2.12. The molecule has 82 valence electrons. The fourth-order valence-electron chi connectivity index (χ4n) is 1.95. The maximum atomic E-state index is 9.90. The Hall–Kier alpha value is -1.96. The molecular weight excluding hydrogens is 200 g/mol. The molecule has 2 aromatic carbocycles. The van der Waals surface area contributed by atoms with Gasteiger partial charge in [-0.15, -0.1) is 0 Å². The first-order chi connectivity index (χ1) is 7.56. The molecule has 0 heterocycles. The summed E-state index contributed by atoms with van der Waals surface area (Å²) in [5, 5.41) is 21.2. The third kappa shape index (κ3) is 1.34. The van der Waals surface area contributed by atoms with E-state index in [1.54, 1.807) is 6.08 Å². The van der Waals surface area contributed by atoms with E-state index >= 15 is 0 Å². The molecular formula is C14H14O2. The summed E-state index contributed by atoms with van der Waals surface area (Å²) in [5.41, 5.74) is 2.89. The fourth-order valence-corrected chi connectivity index (χ4v) is 1.95. The smallest absolute Gasteiger partial charge is 0.165 e. The first-order valence-corrected chi connectivity index (χ1v) is 5.13. The maximum absolute atomic E-state index is 9.90. The molecule has 0 fully saturated rings. The van der Waals surface area contributed by atoms with Crippen LogP contribution in [-0.2, 0) is 0 Å². The lowest BCUT2D eigenvalue weighted by molar-refractivity contribution is 0.408. The average Bonchev–Trinajstić information content (AvgIpc) is 2.27. The number of hydrogen-bond donors (Lipinski definition) is 2. The van der Waals surface area contributed by atoms with Crippen molar-refractivity contribution in [2.75, 3.05) is 0 Å². The predicted molar refractivity (Wildman–Crippen MR) is 66.8 cm³/mol. The summed E-state index contributed by atoms with van der Waals surface area (Å²) in [6.45, 7) is 7.62. The van der Waals surface area contributed by atoms with E-state index in [1.807, 2.05) is 26.0 Å². The fraction of sp³-hybridized carbons (Fsp3) is 0.143. The second-order valence-corrected chi connectivity index (χ2v) is 3.97. The van der Waals surface area contributed by atoms with Gasteiger partial charge in [-0.2, -0.15) is 0 Å². The highest BCUT2D eigenvalue weighted by atomic mass is 16.3. The summed E-state index contributed by atoms with van der Waals surface area (Å²) in [6, 6.07) is 5.47. The van der Waals surface area contributed by atoms with E-state index in [0.29, 0.717) is 5.39 Å². The molecule has 0 bridgehead atoms. The average molecular weight is 214 g/mol. The zero-order valence-electron chi connectivity index (χ0n) is 9.41. The summed E-state index contributed by atoms with van der Waals surface area (Å²) >= 11 is 0. The Bertz CT molecular complexity index is 575. The molecule has 0 atom stereocenters. The second-order valence-electron chi connectivity index (χ2n) is 3.97.